The summed E-state index contributed by atoms with van der Waals surface area (Å²) < 4.78 is 4.96. The molecule has 2 rings (SSSR count). The lowest BCUT2D eigenvalue weighted by Gasteiger charge is -2.09. The van der Waals surface area contributed by atoms with Crippen molar-refractivity contribution in [2.24, 2.45) is 5.73 Å². The first-order valence-corrected chi connectivity index (χ1v) is 5.28. The average Bonchev–Trinajstić information content (AvgIpc) is 2.95. The molecule has 1 saturated carbocycles. The maximum absolute atomic E-state index is 6.04. The Hall–Kier alpha value is -1.16. The van der Waals surface area contributed by atoms with E-state index in [1.54, 1.807) is 7.11 Å². The molecule has 2 N–H and O–H groups in total. The molecule has 1 aromatic rings. The molecular formula is C11H17N3O. The number of hydrogen-bond donors (Lipinski definition) is 1. The van der Waals surface area contributed by atoms with Gasteiger partial charge in [0.25, 0.3) is 0 Å². The molecule has 82 valence electrons. The Morgan fingerprint density at radius 2 is 2.27 bits per heavy atom. The third-order valence-electron chi connectivity index (χ3n) is 3.03. The van der Waals surface area contributed by atoms with E-state index in [2.05, 4.69) is 9.97 Å². The van der Waals surface area contributed by atoms with Gasteiger partial charge in [-0.25, -0.2) is 9.97 Å². The van der Waals surface area contributed by atoms with Gasteiger partial charge in [-0.05, 0) is 38.2 Å². The Morgan fingerprint density at radius 1 is 1.53 bits per heavy atom. The summed E-state index contributed by atoms with van der Waals surface area (Å²) in [5.41, 5.74) is 8.30. The summed E-state index contributed by atoms with van der Waals surface area (Å²) in [6.07, 6.45) is 6.15. The van der Waals surface area contributed by atoms with Crippen LogP contribution < -0.4 is 10.5 Å². The Bertz CT molecular complexity index is 361. The minimum atomic E-state index is 0.104. The number of nitrogens with two attached hydrogens (primary N) is 1. The molecule has 1 aliphatic rings. The largest absolute Gasteiger partial charge is 0.467 e. The van der Waals surface area contributed by atoms with Crippen molar-refractivity contribution in [3.63, 3.8) is 0 Å². The third kappa shape index (κ3) is 2.45. The zero-order valence-electron chi connectivity index (χ0n) is 9.29. The molecule has 0 unspecified atom stereocenters. The Kier molecular flexibility index (Phi) is 2.61. The van der Waals surface area contributed by atoms with Crippen LogP contribution in [0.4, 0.5) is 0 Å². The van der Waals surface area contributed by atoms with Crippen molar-refractivity contribution < 1.29 is 4.74 Å². The lowest BCUT2D eigenvalue weighted by atomic mass is 10.1. The van der Waals surface area contributed by atoms with Gasteiger partial charge in [-0.1, -0.05) is 0 Å². The first-order chi connectivity index (χ1) is 7.13. The van der Waals surface area contributed by atoms with Crippen molar-refractivity contribution in [3.8, 4) is 6.01 Å². The molecule has 1 heterocycles. The van der Waals surface area contributed by atoms with E-state index in [1.807, 2.05) is 13.1 Å². The van der Waals surface area contributed by atoms with Crippen molar-refractivity contribution in [1.29, 1.82) is 0 Å². The van der Waals surface area contributed by atoms with Crippen molar-refractivity contribution >= 4 is 0 Å². The van der Waals surface area contributed by atoms with Crippen LogP contribution in [0.1, 0.15) is 30.5 Å². The Labute approximate surface area is 89.9 Å². The number of methoxy groups -OCH3 is 1. The van der Waals surface area contributed by atoms with Crippen molar-refractivity contribution in [3.05, 3.63) is 17.5 Å². The quantitative estimate of drug-likeness (QED) is 0.806. The molecule has 15 heavy (non-hydrogen) atoms. The topological polar surface area (TPSA) is 61.0 Å². The maximum Gasteiger partial charge on any atom is 0.316 e. The number of hydrogen-bond acceptors (Lipinski definition) is 4. The smallest absolute Gasteiger partial charge is 0.316 e. The van der Waals surface area contributed by atoms with Crippen LogP contribution in [0.15, 0.2) is 6.20 Å². The van der Waals surface area contributed by atoms with Gasteiger partial charge in [0, 0.05) is 17.4 Å². The second kappa shape index (κ2) is 3.77. The van der Waals surface area contributed by atoms with E-state index in [4.69, 9.17) is 10.5 Å². The molecule has 0 atom stereocenters. The van der Waals surface area contributed by atoms with Crippen molar-refractivity contribution in [1.82, 2.24) is 9.97 Å². The first-order valence-electron chi connectivity index (χ1n) is 5.28. The summed E-state index contributed by atoms with van der Waals surface area (Å²) in [7, 11) is 1.58. The second-order valence-electron chi connectivity index (χ2n) is 4.33. The zero-order valence-corrected chi connectivity index (χ0v) is 9.29. The molecule has 1 aliphatic carbocycles. The average molecular weight is 207 g/mol. The molecule has 0 saturated heterocycles. The van der Waals surface area contributed by atoms with Crippen molar-refractivity contribution in [2.45, 2.75) is 38.1 Å². The summed E-state index contributed by atoms with van der Waals surface area (Å²) >= 11 is 0. The molecule has 0 aliphatic heterocycles. The summed E-state index contributed by atoms with van der Waals surface area (Å²) in [5.74, 6) is 0. The predicted octanol–water partition coefficient (Wildman–Crippen LogP) is 1.22. The highest BCUT2D eigenvalue weighted by molar-refractivity contribution is 5.19. The Morgan fingerprint density at radius 3 is 2.80 bits per heavy atom. The molecule has 0 amide bonds. The van der Waals surface area contributed by atoms with Gasteiger partial charge < -0.3 is 10.5 Å². The second-order valence-corrected chi connectivity index (χ2v) is 4.33. The fourth-order valence-corrected chi connectivity index (χ4v) is 1.61. The van der Waals surface area contributed by atoms with Crippen LogP contribution in [0, 0.1) is 6.92 Å². The molecule has 0 radical (unpaired) electrons. The third-order valence-corrected chi connectivity index (χ3v) is 3.03. The fourth-order valence-electron chi connectivity index (χ4n) is 1.61. The molecule has 0 spiro atoms. The SMILES string of the molecule is COc1ncc(CCC2(N)CC2)c(C)n1. The molecule has 0 aromatic carbocycles. The van der Waals surface area contributed by atoms with Gasteiger partial charge >= 0.3 is 6.01 Å². The highest BCUT2D eigenvalue weighted by Gasteiger charge is 2.37. The van der Waals surface area contributed by atoms with Crippen LogP contribution in [0.25, 0.3) is 0 Å². The minimum absolute atomic E-state index is 0.104. The van der Waals surface area contributed by atoms with Crippen LogP contribution in [0.2, 0.25) is 0 Å². The monoisotopic (exact) mass is 207 g/mol. The van der Waals surface area contributed by atoms with E-state index in [-0.39, 0.29) is 5.54 Å². The van der Waals surface area contributed by atoms with Crippen LogP contribution in [0.3, 0.4) is 0 Å². The van der Waals surface area contributed by atoms with Crippen molar-refractivity contribution in [2.75, 3.05) is 7.11 Å². The molecule has 0 bridgehead atoms. The molecular weight excluding hydrogens is 190 g/mol. The lowest BCUT2D eigenvalue weighted by Crippen LogP contribution is -2.22. The standard InChI is InChI=1S/C11H17N3O/c1-8-9(3-4-11(12)5-6-11)7-13-10(14-8)15-2/h7H,3-6,12H2,1-2H3. The van der Waals surface area contributed by atoms with Crippen LogP contribution >= 0.6 is 0 Å². The molecule has 1 aromatic heterocycles. The number of aromatic nitrogens is 2. The number of aryl methyl sites for hydroxylation is 2. The summed E-state index contributed by atoms with van der Waals surface area (Å²) in [5, 5.41) is 0. The van der Waals surface area contributed by atoms with E-state index in [0.29, 0.717) is 6.01 Å². The van der Waals surface area contributed by atoms with E-state index in [1.165, 1.54) is 5.56 Å². The summed E-state index contributed by atoms with van der Waals surface area (Å²) in [6.45, 7) is 1.98. The first kappa shape index (κ1) is 10.4. The number of nitrogens with zero attached hydrogens (tertiary/aromatic N) is 2. The number of rotatable bonds is 4. The van der Waals surface area contributed by atoms with Gasteiger partial charge in [0.2, 0.25) is 0 Å². The highest BCUT2D eigenvalue weighted by atomic mass is 16.5. The van der Waals surface area contributed by atoms with Gasteiger partial charge in [0.05, 0.1) is 7.11 Å². The normalized spacial score (nSPS) is 17.5. The molecule has 4 heteroatoms. The summed E-state index contributed by atoms with van der Waals surface area (Å²) in [6, 6.07) is 0.435. The fraction of sp³-hybridized carbons (Fsp3) is 0.636. The predicted molar refractivity (Wildman–Crippen MR) is 57.8 cm³/mol. The summed E-state index contributed by atoms with van der Waals surface area (Å²) in [4.78, 5) is 8.34. The van der Waals surface area contributed by atoms with Crippen LogP contribution in [0.5, 0.6) is 6.01 Å². The van der Waals surface area contributed by atoms with Gasteiger partial charge in [-0.3, -0.25) is 0 Å². The van der Waals surface area contributed by atoms with Crippen LogP contribution in [-0.2, 0) is 6.42 Å². The van der Waals surface area contributed by atoms with E-state index < -0.39 is 0 Å². The van der Waals surface area contributed by atoms with E-state index in [9.17, 15) is 0 Å². The van der Waals surface area contributed by atoms with Gasteiger partial charge in [0.1, 0.15) is 0 Å². The molecule has 4 nitrogen and oxygen atoms in total. The lowest BCUT2D eigenvalue weighted by molar-refractivity contribution is 0.378. The molecule has 1 fully saturated rings. The van der Waals surface area contributed by atoms with Crippen LogP contribution in [-0.4, -0.2) is 22.6 Å². The maximum atomic E-state index is 6.04. The van der Waals surface area contributed by atoms with E-state index in [0.717, 1.165) is 31.4 Å². The minimum Gasteiger partial charge on any atom is -0.467 e. The van der Waals surface area contributed by atoms with Gasteiger partial charge in [-0.15, -0.1) is 0 Å². The van der Waals surface area contributed by atoms with E-state index >= 15 is 0 Å². The highest BCUT2D eigenvalue weighted by Crippen LogP contribution is 2.36. The van der Waals surface area contributed by atoms with Gasteiger partial charge in [0.15, 0.2) is 0 Å². The number of ether oxygens (including phenoxy) is 1. The van der Waals surface area contributed by atoms with Gasteiger partial charge in [-0.2, -0.15) is 0 Å². The zero-order chi connectivity index (χ0) is 10.9. The Balaban J connectivity index is 2.01.